The second-order valence-corrected chi connectivity index (χ2v) is 7.38. The van der Waals surface area contributed by atoms with E-state index in [9.17, 15) is 19.2 Å². The third-order valence-electron chi connectivity index (χ3n) is 4.34. The number of rotatable bonds is 7. The average Bonchev–Trinajstić information content (AvgIpc) is 3.01. The Morgan fingerprint density at radius 2 is 1.60 bits per heavy atom. The maximum atomic E-state index is 12.7. The van der Waals surface area contributed by atoms with Crippen LogP contribution in [0.3, 0.4) is 0 Å². The van der Waals surface area contributed by atoms with Gasteiger partial charge in [0.2, 0.25) is 0 Å². The SMILES string of the molecule is CCOC(=O)c1ccc(NC2SC(=O)N(Cc3ccc(C(=O)OC)cc3)C2=O)cc1. The second kappa shape index (κ2) is 9.45. The number of benzene rings is 2. The molecule has 3 rings (SSSR count). The van der Waals surface area contributed by atoms with E-state index in [0.29, 0.717) is 22.4 Å². The molecule has 0 aliphatic carbocycles. The van der Waals surface area contributed by atoms with Gasteiger partial charge in [0.25, 0.3) is 11.1 Å². The van der Waals surface area contributed by atoms with Crippen LogP contribution in [0.15, 0.2) is 48.5 Å². The molecule has 1 aliphatic rings. The summed E-state index contributed by atoms with van der Waals surface area (Å²) in [6.45, 7) is 2.12. The Kier molecular flexibility index (Phi) is 6.73. The lowest BCUT2D eigenvalue weighted by Crippen LogP contribution is -2.33. The monoisotopic (exact) mass is 428 g/mol. The summed E-state index contributed by atoms with van der Waals surface area (Å²) in [7, 11) is 1.30. The van der Waals surface area contributed by atoms with Crippen LogP contribution in [0.25, 0.3) is 0 Å². The Morgan fingerprint density at radius 1 is 1.00 bits per heavy atom. The number of anilines is 1. The quantitative estimate of drug-likeness (QED) is 0.671. The number of thioether (sulfide) groups is 1. The van der Waals surface area contributed by atoms with E-state index in [1.165, 1.54) is 7.11 Å². The zero-order chi connectivity index (χ0) is 21.7. The molecule has 2 aromatic carbocycles. The van der Waals surface area contributed by atoms with Gasteiger partial charge in [-0.3, -0.25) is 14.5 Å². The first-order valence-corrected chi connectivity index (χ1v) is 10.0. The van der Waals surface area contributed by atoms with Crippen molar-refractivity contribution in [2.24, 2.45) is 0 Å². The minimum absolute atomic E-state index is 0.103. The number of hydrogen-bond acceptors (Lipinski definition) is 8. The van der Waals surface area contributed by atoms with Gasteiger partial charge in [-0.15, -0.1) is 0 Å². The summed E-state index contributed by atoms with van der Waals surface area (Å²) in [4.78, 5) is 49.4. The normalized spacial score (nSPS) is 15.8. The number of amides is 2. The van der Waals surface area contributed by atoms with Crippen LogP contribution in [0.5, 0.6) is 0 Å². The third kappa shape index (κ3) is 4.80. The van der Waals surface area contributed by atoms with Crippen molar-refractivity contribution in [2.45, 2.75) is 18.8 Å². The molecule has 1 saturated heterocycles. The van der Waals surface area contributed by atoms with Gasteiger partial charge >= 0.3 is 11.9 Å². The van der Waals surface area contributed by atoms with Crippen molar-refractivity contribution in [1.29, 1.82) is 0 Å². The molecule has 2 aromatic rings. The number of imide groups is 1. The fourth-order valence-corrected chi connectivity index (χ4v) is 3.70. The molecule has 1 atom stereocenters. The van der Waals surface area contributed by atoms with Crippen molar-refractivity contribution in [1.82, 2.24) is 4.90 Å². The largest absolute Gasteiger partial charge is 0.465 e. The molecule has 156 valence electrons. The molecule has 0 spiro atoms. The first kappa shape index (κ1) is 21.4. The van der Waals surface area contributed by atoms with Gasteiger partial charge in [-0.2, -0.15) is 0 Å². The molecular weight excluding hydrogens is 408 g/mol. The van der Waals surface area contributed by atoms with Crippen LogP contribution < -0.4 is 5.32 Å². The van der Waals surface area contributed by atoms with Crippen LogP contribution in [-0.2, 0) is 20.8 Å². The highest BCUT2D eigenvalue weighted by Crippen LogP contribution is 2.29. The molecule has 1 N–H and O–H groups in total. The predicted octanol–water partition coefficient (Wildman–Crippen LogP) is 3.28. The summed E-state index contributed by atoms with van der Waals surface area (Å²) in [5.41, 5.74) is 2.11. The zero-order valence-corrected chi connectivity index (χ0v) is 17.2. The Balaban J connectivity index is 1.63. The Bertz CT molecular complexity index is 958. The van der Waals surface area contributed by atoms with Gasteiger partial charge in [-0.1, -0.05) is 12.1 Å². The fraction of sp³-hybridized carbons (Fsp3) is 0.238. The van der Waals surface area contributed by atoms with Crippen molar-refractivity contribution < 1.29 is 28.7 Å². The summed E-state index contributed by atoms with van der Waals surface area (Å²) in [6, 6.07) is 13.0. The molecule has 0 bridgehead atoms. The smallest absolute Gasteiger partial charge is 0.338 e. The highest BCUT2D eigenvalue weighted by Gasteiger charge is 2.39. The van der Waals surface area contributed by atoms with Crippen LogP contribution in [0.2, 0.25) is 0 Å². The number of hydrogen-bond donors (Lipinski definition) is 1. The number of nitrogens with one attached hydrogen (secondary N) is 1. The van der Waals surface area contributed by atoms with Crippen molar-refractivity contribution in [3.8, 4) is 0 Å². The van der Waals surface area contributed by atoms with Crippen LogP contribution in [0.1, 0.15) is 33.2 Å². The standard InChI is InChI=1S/C21H20N2O6S/c1-3-29-20(26)15-8-10-16(11-9-15)22-17-18(24)23(21(27)30-17)12-13-4-6-14(7-5-13)19(25)28-2/h4-11,17,22H,3,12H2,1-2H3. The molecule has 0 saturated carbocycles. The zero-order valence-electron chi connectivity index (χ0n) is 16.4. The average molecular weight is 428 g/mol. The van der Waals surface area contributed by atoms with E-state index in [1.807, 2.05) is 0 Å². The van der Waals surface area contributed by atoms with E-state index in [4.69, 9.17) is 4.74 Å². The Labute approximate surface area is 177 Å². The Morgan fingerprint density at radius 3 is 2.20 bits per heavy atom. The lowest BCUT2D eigenvalue weighted by molar-refractivity contribution is -0.126. The van der Waals surface area contributed by atoms with Crippen molar-refractivity contribution in [3.63, 3.8) is 0 Å². The molecule has 9 heteroatoms. The number of nitrogens with zero attached hydrogens (tertiary/aromatic N) is 1. The summed E-state index contributed by atoms with van der Waals surface area (Å²) in [5, 5.41) is 1.88. The van der Waals surface area contributed by atoms with Crippen LogP contribution in [0, 0.1) is 0 Å². The van der Waals surface area contributed by atoms with Crippen LogP contribution in [-0.4, -0.2) is 47.1 Å². The molecule has 1 aliphatic heterocycles. The second-order valence-electron chi connectivity index (χ2n) is 6.32. The molecule has 1 unspecified atom stereocenters. The molecule has 0 radical (unpaired) electrons. The number of carbonyl (C=O) groups is 4. The first-order chi connectivity index (χ1) is 14.4. The predicted molar refractivity (Wildman–Crippen MR) is 111 cm³/mol. The molecular formula is C21H20N2O6S. The van der Waals surface area contributed by atoms with E-state index in [-0.39, 0.29) is 24.3 Å². The van der Waals surface area contributed by atoms with Crippen molar-refractivity contribution in [2.75, 3.05) is 19.0 Å². The van der Waals surface area contributed by atoms with Gasteiger partial charge in [0, 0.05) is 5.69 Å². The minimum atomic E-state index is -0.764. The van der Waals surface area contributed by atoms with E-state index in [1.54, 1.807) is 55.5 Å². The van der Waals surface area contributed by atoms with Crippen LogP contribution >= 0.6 is 11.8 Å². The van der Waals surface area contributed by atoms with Crippen LogP contribution in [0.4, 0.5) is 10.5 Å². The minimum Gasteiger partial charge on any atom is -0.465 e. The van der Waals surface area contributed by atoms with Gasteiger partial charge in [-0.25, -0.2) is 9.59 Å². The van der Waals surface area contributed by atoms with Gasteiger partial charge in [0.15, 0.2) is 5.37 Å². The van der Waals surface area contributed by atoms with E-state index in [0.717, 1.165) is 16.7 Å². The fourth-order valence-electron chi connectivity index (χ4n) is 2.80. The Hall–Kier alpha value is -3.33. The van der Waals surface area contributed by atoms with Crippen molar-refractivity contribution >= 4 is 40.5 Å². The van der Waals surface area contributed by atoms with Crippen molar-refractivity contribution in [3.05, 3.63) is 65.2 Å². The number of carbonyl (C=O) groups excluding carboxylic acids is 4. The lowest BCUT2D eigenvalue weighted by atomic mass is 10.1. The summed E-state index contributed by atoms with van der Waals surface area (Å²) >= 11 is 0.887. The summed E-state index contributed by atoms with van der Waals surface area (Å²) in [6.07, 6.45) is 0. The maximum absolute atomic E-state index is 12.7. The number of ether oxygens (including phenoxy) is 2. The first-order valence-electron chi connectivity index (χ1n) is 9.16. The number of methoxy groups -OCH3 is 1. The van der Waals surface area contributed by atoms with Gasteiger partial charge < -0.3 is 14.8 Å². The molecule has 0 aromatic heterocycles. The highest BCUT2D eigenvalue weighted by atomic mass is 32.2. The maximum Gasteiger partial charge on any atom is 0.338 e. The molecule has 2 amide bonds. The van der Waals surface area contributed by atoms with E-state index in [2.05, 4.69) is 10.1 Å². The summed E-state index contributed by atoms with van der Waals surface area (Å²) < 4.78 is 9.59. The molecule has 30 heavy (non-hydrogen) atoms. The topological polar surface area (TPSA) is 102 Å². The summed E-state index contributed by atoms with van der Waals surface area (Å²) in [5.74, 6) is -1.24. The molecule has 1 heterocycles. The molecule has 8 nitrogen and oxygen atoms in total. The lowest BCUT2D eigenvalue weighted by Gasteiger charge is -2.15. The van der Waals surface area contributed by atoms with Gasteiger partial charge in [0.1, 0.15) is 0 Å². The van der Waals surface area contributed by atoms with E-state index >= 15 is 0 Å². The van der Waals surface area contributed by atoms with Gasteiger partial charge in [-0.05, 0) is 60.6 Å². The van der Waals surface area contributed by atoms with Gasteiger partial charge in [0.05, 0.1) is 31.4 Å². The molecule has 1 fully saturated rings. The third-order valence-corrected chi connectivity index (χ3v) is 5.32. The number of esters is 2. The highest BCUT2D eigenvalue weighted by molar-refractivity contribution is 8.15. The van der Waals surface area contributed by atoms with E-state index < -0.39 is 17.3 Å².